The van der Waals surface area contributed by atoms with E-state index in [1.807, 2.05) is 78.9 Å². The minimum Gasteiger partial charge on any atom is -0.0622 e. The molecule has 0 saturated carbocycles. The highest BCUT2D eigenvalue weighted by Crippen LogP contribution is 2.35. The standard InChI is InChI=1S/C40H22/c1-2-9-29(10-3-1)17-18-30-11-4-5-12-31(30)19-20-32-13-6-7-14-33(32)21-22-34-23-24-37-26-25-35-15-8-16-36-27-28-38(34)40(37)39(35)36/h1-16,23-28H. The molecule has 7 rings (SSSR count). The summed E-state index contributed by atoms with van der Waals surface area (Å²) in [5, 5.41) is 7.53. The molecule has 0 heteroatoms. The maximum atomic E-state index is 3.46. The average molecular weight is 503 g/mol. The van der Waals surface area contributed by atoms with Crippen molar-refractivity contribution in [3.63, 3.8) is 0 Å². The lowest BCUT2D eigenvalue weighted by Crippen LogP contribution is -1.88. The van der Waals surface area contributed by atoms with Crippen LogP contribution >= 0.6 is 0 Å². The molecular weight excluding hydrogens is 480 g/mol. The topological polar surface area (TPSA) is 0 Å². The molecule has 0 fully saturated rings. The quantitative estimate of drug-likeness (QED) is 0.144. The summed E-state index contributed by atoms with van der Waals surface area (Å²) in [6.45, 7) is 0. The van der Waals surface area contributed by atoms with Gasteiger partial charge < -0.3 is 0 Å². The van der Waals surface area contributed by atoms with Gasteiger partial charge in [0.15, 0.2) is 0 Å². The van der Waals surface area contributed by atoms with Gasteiger partial charge in [0.2, 0.25) is 0 Å². The van der Waals surface area contributed by atoms with E-state index < -0.39 is 0 Å². The number of hydrogen-bond acceptors (Lipinski definition) is 0. The Morgan fingerprint density at radius 3 is 1.32 bits per heavy atom. The van der Waals surface area contributed by atoms with E-state index in [0.29, 0.717) is 0 Å². The fourth-order valence-corrected chi connectivity index (χ4v) is 5.18. The predicted molar refractivity (Wildman–Crippen MR) is 167 cm³/mol. The van der Waals surface area contributed by atoms with E-state index in [0.717, 1.165) is 33.4 Å². The van der Waals surface area contributed by atoms with Crippen molar-refractivity contribution in [2.24, 2.45) is 0 Å². The smallest absolute Gasteiger partial charge is 0.0405 e. The summed E-state index contributed by atoms with van der Waals surface area (Å²) >= 11 is 0. The molecule has 40 heavy (non-hydrogen) atoms. The fraction of sp³-hybridized carbons (Fsp3) is 0. The van der Waals surface area contributed by atoms with Gasteiger partial charge in [-0.25, -0.2) is 0 Å². The van der Waals surface area contributed by atoms with Crippen molar-refractivity contribution >= 4 is 32.3 Å². The van der Waals surface area contributed by atoms with Crippen LogP contribution in [0.3, 0.4) is 0 Å². The van der Waals surface area contributed by atoms with Crippen LogP contribution < -0.4 is 0 Å². The molecule has 0 saturated heterocycles. The zero-order valence-corrected chi connectivity index (χ0v) is 21.7. The van der Waals surface area contributed by atoms with Crippen molar-refractivity contribution in [1.29, 1.82) is 0 Å². The van der Waals surface area contributed by atoms with Gasteiger partial charge in [-0.05, 0) is 74.8 Å². The molecule has 0 aliphatic heterocycles. The van der Waals surface area contributed by atoms with E-state index in [4.69, 9.17) is 0 Å². The van der Waals surface area contributed by atoms with E-state index in [1.165, 1.54) is 32.3 Å². The van der Waals surface area contributed by atoms with Crippen LogP contribution in [0.25, 0.3) is 32.3 Å². The molecule has 0 radical (unpaired) electrons. The summed E-state index contributed by atoms with van der Waals surface area (Å²) in [7, 11) is 0. The molecule has 7 aromatic rings. The van der Waals surface area contributed by atoms with Gasteiger partial charge >= 0.3 is 0 Å². The highest BCUT2D eigenvalue weighted by molar-refractivity contribution is 6.23. The second kappa shape index (κ2) is 10.2. The molecule has 182 valence electrons. The van der Waals surface area contributed by atoms with Gasteiger partial charge in [0.1, 0.15) is 0 Å². The number of benzene rings is 7. The minimum absolute atomic E-state index is 0.901. The predicted octanol–water partition coefficient (Wildman–Crippen LogP) is 8.78. The van der Waals surface area contributed by atoms with Crippen LogP contribution in [0, 0.1) is 35.5 Å². The van der Waals surface area contributed by atoms with Gasteiger partial charge in [0.05, 0.1) is 0 Å². The second-order valence-corrected chi connectivity index (χ2v) is 9.68. The summed E-state index contributed by atoms with van der Waals surface area (Å²) in [6.07, 6.45) is 0. The van der Waals surface area contributed by atoms with E-state index >= 15 is 0 Å². The van der Waals surface area contributed by atoms with Gasteiger partial charge in [0.25, 0.3) is 0 Å². The van der Waals surface area contributed by atoms with Gasteiger partial charge in [0, 0.05) is 33.4 Å². The summed E-state index contributed by atoms with van der Waals surface area (Å²) in [4.78, 5) is 0. The lowest BCUT2D eigenvalue weighted by atomic mass is 9.92. The molecule has 0 aliphatic rings. The molecule has 0 spiro atoms. The summed E-state index contributed by atoms with van der Waals surface area (Å²) < 4.78 is 0. The van der Waals surface area contributed by atoms with E-state index in [9.17, 15) is 0 Å². The summed E-state index contributed by atoms with van der Waals surface area (Å²) in [5.74, 6) is 20.1. The van der Waals surface area contributed by atoms with E-state index in [2.05, 4.69) is 90.1 Å². The third-order valence-corrected chi connectivity index (χ3v) is 7.16. The Kier molecular flexibility index (Phi) is 5.96. The van der Waals surface area contributed by atoms with Crippen molar-refractivity contribution in [2.45, 2.75) is 0 Å². The molecule has 0 bridgehead atoms. The Morgan fingerprint density at radius 2 is 0.725 bits per heavy atom. The van der Waals surface area contributed by atoms with E-state index in [-0.39, 0.29) is 0 Å². The van der Waals surface area contributed by atoms with Crippen molar-refractivity contribution in [2.75, 3.05) is 0 Å². The maximum Gasteiger partial charge on any atom is 0.0405 e. The van der Waals surface area contributed by atoms with Gasteiger partial charge in [-0.3, -0.25) is 0 Å². The molecule has 0 aliphatic carbocycles. The molecular formula is C40H22. The van der Waals surface area contributed by atoms with Gasteiger partial charge in [-0.2, -0.15) is 0 Å². The first-order valence-electron chi connectivity index (χ1n) is 13.3. The zero-order chi connectivity index (χ0) is 26.7. The molecule has 7 aromatic carbocycles. The SMILES string of the molecule is C(#Cc1ccccc1C#Cc1ccccc1C#Cc1ccc2ccc3cccc4ccc1c2c34)c1ccccc1. The maximum absolute atomic E-state index is 3.46. The first kappa shape index (κ1) is 23.4. The Morgan fingerprint density at radius 1 is 0.275 bits per heavy atom. The van der Waals surface area contributed by atoms with Crippen LogP contribution in [0.2, 0.25) is 0 Å². The van der Waals surface area contributed by atoms with Crippen LogP contribution in [0.5, 0.6) is 0 Å². The largest absolute Gasteiger partial charge is 0.0622 e. The van der Waals surface area contributed by atoms with Crippen LogP contribution in [0.4, 0.5) is 0 Å². The summed E-state index contributed by atoms with van der Waals surface area (Å²) in [6, 6.07) is 45.7. The van der Waals surface area contributed by atoms with Crippen LogP contribution in [0.15, 0.2) is 133 Å². The van der Waals surface area contributed by atoms with Crippen LogP contribution in [-0.4, -0.2) is 0 Å². The Hall–Kier alpha value is -5.74. The Balaban J connectivity index is 1.27. The van der Waals surface area contributed by atoms with Gasteiger partial charge in [-0.15, -0.1) is 0 Å². The molecule has 0 nitrogen and oxygen atoms in total. The fourth-order valence-electron chi connectivity index (χ4n) is 5.18. The van der Waals surface area contributed by atoms with Crippen molar-refractivity contribution in [3.05, 3.63) is 167 Å². The Labute approximate surface area is 234 Å². The number of rotatable bonds is 0. The lowest BCUT2D eigenvalue weighted by molar-refractivity contribution is 1.56. The zero-order valence-electron chi connectivity index (χ0n) is 21.7. The molecule has 0 N–H and O–H groups in total. The van der Waals surface area contributed by atoms with Crippen LogP contribution in [0.1, 0.15) is 33.4 Å². The molecule has 0 atom stereocenters. The van der Waals surface area contributed by atoms with E-state index in [1.54, 1.807) is 0 Å². The first-order valence-corrected chi connectivity index (χ1v) is 13.3. The average Bonchev–Trinajstić information content (AvgIpc) is 3.02. The third kappa shape index (κ3) is 4.44. The van der Waals surface area contributed by atoms with Crippen LogP contribution in [-0.2, 0) is 0 Å². The Bertz CT molecular complexity index is 2200. The molecule has 0 unspecified atom stereocenters. The number of hydrogen-bond donors (Lipinski definition) is 0. The summed E-state index contributed by atoms with van der Waals surface area (Å²) in [5.41, 5.74) is 5.64. The highest BCUT2D eigenvalue weighted by atomic mass is 14.1. The molecule has 0 amide bonds. The highest BCUT2D eigenvalue weighted by Gasteiger charge is 2.09. The lowest BCUT2D eigenvalue weighted by Gasteiger charge is -2.11. The third-order valence-electron chi connectivity index (χ3n) is 7.16. The van der Waals surface area contributed by atoms with Crippen molar-refractivity contribution in [1.82, 2.24) is 0 Å². The first-order chi connectivity index (χ1) is 19.8. The monoisotopic (exact) mass is 502 g/mol. The van der Waals surface area contributed by atoms with Crippen molar-refractivity contribution < 1.29 is 0 Å². The normalized spacial score (nSPS) is 10.4. The minimum atomic E-state index is 0.901. The van der Waals surface area contributed by atoms with Crippen molar-refractivity contribution in [3.8, 4) is 35.5 Å². The van der Waals surface area contributed by atoms with Gasteiger partial charge in [-0.1, -0.05) is 127 Å². The molecule has 0 aromatic heterocycles. The second-order valence-electron chi connectivity index (χ2n) is 9.68. The molecule has 0 heterocycles.